The van der Waals surface area contributed by atoms with Crippen LogP contribution in [-0.2, 0) is 0 Å². The van der Waals surface area contributed by atoms with E-state index in [1.165, 1.54) is 17.3 Å². The molecule has 2 N–H and O–H groups in total. The zero-order valence-electron chi connectivity index (χ0n) is 11.5. The predicted molar refractivity (Wildman–Crippen MR) is 76.2 cm³/mol. The van der Waals surface area contributed by atoms with Crippen LogP contribution >= 0.6 is 11.8 Å². The molecule has 6 heteroatoms. The summed E-state index contributed by atoms with van der Waals surface area (Å²) < 4.78 is 0. The fourth-order valence-electron chi connectivity index (χ4n) is 1.69. The van der Waals surface area contributed by atoms with Crippen molar-refractivity contribution in [1.29, 1.82) is 0 Å². The second-order valence-corrected chi connectivity index (χ2v) is 5.40. The molecule has 2 heterocycles. The Labute approximate surface area is 117 Å². The second kappa shape index (κ2) is 6.68. The molecular weight excluding hydrogens is 258 g/mol. The Balaban J connectivity index is 2.06. The fraction of sp³-hybridized carbons (Fsp3) is 0.462. The van der Waals surface area contributed by atoms with Crippen molar-refractivity contribution in [3.05, 3.63) is 29.7 Å². The van der Waals surface area contributed by atoms with Gasteiger partial charge in [-0.1, -0.05) is 6.92 Å². The molecule has 0 spiro atoms. The number of hydrogen-bond acceptors (Lipinski definition) is 5. The summed E-state index contributed by atoms with van der Waals surface area (Å²) in [6.45, 7) is 7.24. The van der Waals surface area contributed by atoms with Crippen molar-refractivity contribution in [3.8, 4) is 0 Å². The third kappa shape index (κ3) is 4.04. The molecule has 0 aliphatic heterocycles. The molecule has 1 unspecified atom stereocenters. The highest BCUT2D eigenvalue weighted by Gasteiger charge is 2.08. The Bertz CT molecular complexity index is 525. The number of rotatable bonds is 6. The number of nitrogens with zero attached hydrogens (tertiary/aromatic N) is 3. The van der Waals surface area contributed by atoms with Gasteiger partial charge in [0, 0.05) is 12.2 Å². The molecule has 0 aliphatic rings. The summed E-state index contributed by atoms with van der Waals surface area (Å²) in [5, 5.41) is 12.0. The van der Waals surface area contributed by atoms with Crippen molar-refractivity contribution in [2.75, 3.05) is 6.54 Å². The highest BCUT2D eigenvalue weighted by molar-refractivity contribution is 7.99. The van der Waals surface area contributed by atoms with E-state index in [-0.39, 0.29) is 0 Å². The van der Waals surface area contributed by atoms with Crippen LogP contribution in [-0.4, -0.2) is 26.7 Å². The molecule has 102 valence electrons. The molecular formula is C13H19N5S. The molecule has 0 aromatic carbocycles. The third-order valence-electron chi connectivity index (χ3n) is 2.73. The van der Waals surface area contributed by atoms with E-state index in [9.17, 15) is 0 Å². The summed E-state index contributed by atoms with van der Waals surface area (Å²) in [5.41, 5.74) is 1.23. The van der Waals surface area contributed by atoms with Gasteiger partial charge in [0.05, 0.1) is 0 Å². The lowest BCUT2D eigenvalue weighted by Crippen LogP contribution is -2.19. The van der Waals surface area contributed by atoms with Crippen LogP contribution in [0.15, 0.2) is 28.5 Å². The Kier molecular flexibility index (Phi) is 4.93. The number of aryl methyl sites for hydroxylation is 1. The van der Waals surface area contributed by atoms with E-state index in [4.69, 9.17) is 0 Å². The summed E-state index contributed by atoms with van der Waals surface area (Å²) >= 11 is 1.47. The van der Waals surface area contributed by atoms with Gasteiger partial charge < -0.3 is 5.32 Å². The molecule has 2 aromatic rings. The molecule has 0 saturated heterocycles. The largest absolute Gasteiger partial charge is 0.310 e. The maximum Gasteiger partial charge on any atom is 0.214 e. The molecule has 0 fully saturated rings. The average Bonchev–Trinajstić information content (AvgIpc) is 2.81. The third-order valence-corrected chi connectivity index (χ3v) is 3.53. The van der Waals surface area contributed by atoms with Gasteiger partial charge in [0.15, 0.2) is 0 Å². The fourth-order valence-corrected chi connectivity index (χ4v) is 2.46. The molecule has 0 amide bonds. The molecule has 5 nitrogen and oxygen atoms in total. The van der Waals surface area contributed by atoms with Gasteiger partial charge in [-0.15, -0.1) is 5.10 Å². The van der Waals surface area contributed by atoms with Crippen molar-refractivity contribution in [3.63, 3.8) is 0 Å². The maximum atomic E-state index is 4.35. The van der Waals surface area contributed by atoms with Crippen LogP contribution in [0.5, 0.6) is 0 Å². The normalized spacial score (nSPS) is 12.6. The first-order valence-corrected chi connectivity index (χ1v) is 7.27. The topological polar surface area (TPSA) is 66.5 Å². The van der Waals surface area contributed by atoms with Crippen LogP contribution in [0.1, 0.15) is 37.7 Å². The van der Waals surface area contributed by atoms with E-state index in [1.807, 2.05) is 19.2 Å². The predicted octanol–water partition coefficient (Wildman–Crippen LogP) is 2.72. The van der Waals surface area contributed by atoms with Crippen molar-refractivity contribution in [2.24, 2.45) is 0 Å². The first kappa shape index (κ1) is 14.0. The number of pyridine rings is 1. The second-order valence-electron chi connectivity index (χ2n) is 4.41. The molecule has 19 heavy (non-hydrogen) atoms. The van der Waals surface area contributed by atoms with Gasteiger partial charge >= 0.3 is 0 Å². The number of aromatic amines is 1. The smallest absolute Gasteiger partial charge is 0.214 e. The van der Waals surface area contributed by atoms with E-state index in [1.54, 1.807) is 0 Å². The lowest BCUT2D eigenvalue weighted by atomic mass is 10.1. The van der Waals surface area contributed by atoms with Gasteiger partial charge in [0.25, 0.3) is 0 Å². The van der Waals surface area contributed by atoms with E-state index >= 15 is 0 Å². The van der Waals surface area contributed by atoms with Crippen LogP contribution in [0.25, 0.3) is 0 Å². The minimum Gasteiger partial charge on any atom is -0.310 e. The summed E-state index contributed by atoms with van der Waals surface area (Å²) in [7, 11) is 0. The Morgan fingerprint density at radius 3 is 3.00 bits per heavy atom. The Hall–Kier alpha value is -1.40. The zero-order valence-corrected chi connectivity index (χ0v) is 12.3. The summed E-state index contributed by atoms with van der Waals surface area (Å²) in [5.74, 6) is 0.816. The van der Waals surface area contributed by atoms with Crippen molar-refractivity contribution in [2.45, 2.75) is 43.4 Å². The summed E-state index contributed by atoms with van der Waals surface area (Å²) in [6.07, 6.45) is 2.97. The number of aromatic nitrogens is 4. The standard InChI is InChI=1S/C13H19N5S/c1-4-6-14-9(2)11-5-7-15-12(8-11)19-13-16-10(3)17-18-13/h5,7-9,14H,4,6H2,1-3H3,(H,16,17,18). The van der Waals surface area contributed by atoms with E-state index in [0.717, 1.165) is 23.8 Å². The van der Waals surface area contributed by atoms with E-state index in [2.05, 4.69) is 45.4 Å². The van der Waals surface area contributed by atoms with E-state index in [0.29, 0.717) is 11.2 Å². The van der Waals surface area contributed by atoms with Crippen molar-refractivity contribution >= 4 is 11.8 Å². The van der Waals surface area contributed by atoms with Gasteiger partial charge in [-0.25, -0.2) is 9.97 Å². The minimum absolute atomic E-state index is 0.330. The Morgan fingerprint density at radius 1 is 1.47 bits per heavy atom. The first-order chi connectivity index (χ1) is 9.19. The molecule has 1 atom stereocenters. The van der Waals surface area contributed by atoms with Gasteiger partial charge in [-0.2, -0.15) is 0 Å². The quantitative estimate of drug-likeness (QED) is 0.850. The van der Waals surface area contributed by atoms with Crippen molar-refractivity contribution in [1.82, 2.24) is 25.5 Å². The van der Waals surface area contributed by atoms with Gasteiger partial charge in [0.2, 0.25) is 5.16 Å². The van der Waals surface area contributed by atoms with Gasteiger partial charge in [-0.3, -0.25) is 5.10 Å². The Morgan fingerprint density at radius 2 is 2.32 bits per heavy atom. The lowest BCUT2D eigenvalue weighted by Gasteiger charge is -2.13. The summed E-state index contributed by atoms with van der Waals surface area (Å²) in [4.78, 5) is 8.62. The monoisotopic (exact) mass is 277 g/mol. The highest BCUT2D eigenvalue weighted by Crippen LogP contribution is 2.24. The average molecular weight is 277 g/mol. The first-order valence-electron chi connectivity index (χ1n) is 6.45. The molecule has 0 saturated carbocycles. The lowest BCUT2D eigenvalue weighted by molar-refractivity contribution is 0.569. The highest BCUT2D eigenvalue weighted by atomic mass is 32.2. The molecule has 0 aliphatic carbocycles. The van der Waals surface area contributed by atoms with E-state index < -0.39 is 0 Å². The molecule has 2 aromatic heterocycles. The van der Waals surface area contributed by atoms with Crippen LogP contribution in [0.3, 0.4) is 0 Å². The minimum atomic E-state index is 0.330. The van der Waals surface area contributed by atoms with Crippen molar-refractivity contribution < 1.29 is 0 Å². The van der Waals surface area contributed by atoms with Gasteiger partial charge in [-0.05, 0) is 56.3 Å². The number of hydrogen-bond donors (Lipinski definition) is 2. The van der Waals surface area contributed by atoms with Gasteiger partial charge in [0.1, 0.15) is 10.9 Å². The van der Waals surface area contributed by atoms with Crippen LogP contribution in [0.2, 0.25) is 0 Å². The number of nitrogens with one attached hydrogen (secondary N) is 2. The summed E-state index contributed by atoms with van der Waals surface area (Å²) in [6, 6.07) is 4.46. The van der Waals surface area contributed by atoms with Crippen LogP contribution in [0, 0.1) is 6.92 Å². The maximum absolute atomic E-state index is 4.35. The molecule has 0 radical (unpaired) electrons. The van der Waals surface area contributed by atoms with Crippen LogP contribution in [0.4, 0.5) is 0 Å². The SMILES string of the molecule is CCCNC(C)c1ccnc(Sc2n[nH]c(C)n2)c1. The zero-order chi connectivity index (χ0) is 13.7. The van der Waals surface area contributed by atoms with Crippen LogP contribution < -0.4 is 5.32 Å². The molecule has 2 rings (SSSR count). The molecule has 0 bridgehead atoms. The number of H-pyrrole nitrogens is 1.